The number of halogens is 1. The number of sulfonamides is 1. The molecule has 1 aromatic carbocycles. The first-order valence-corrected chi connectivity index (χ1v) is 8.65. The molecule has 0 aromatic heterocycles. The molecular formula is C14H21ClN2O2S. The van der Waals surface area contributed by atoms with Crippen LogP contribution in [0.3, 0.4) is 0 Å². The summed E-state index contributed by atoms with van der Waals surface area (Å²) in [6.07, 6.45) is 1.81. The number of hydrogen-bond acceptors (Lipinski definition) is 3. The van der Waals surface area contributed by atoms with E-state index in [2.05, 4.69) is 17.0 Å². The van der Waals surface area contributed by atoms with Gasteiger partial charge in [-0.2, -0.15) is 0 Å². The highest BCUT2D eigenvalue weighted by atomic mass is 35.5. The predicted molar refractivity (Wildman–Crippen MR) is 81.5 cm³/mol. The first-order valence-electron chi connectivity index (χ1n) is 6.79. The molecule has 4 nitrogen and oxygen atoms in total. The summed E-state index contributed by atoms with van der Waals surface area (Å²) in [4.78, 5) is 0.287. The minimum atomic E-state index is -3.50. The largest absolute Gasteiger partial charge is 0.316 e. The van der Waals surface area contributed by atoms with Gasteiger partial charge >= 0.3 is 0 Å². The van der Waals surface area contributed by atoms with Crippen molar-refractivity contribution >= 4 is 21.6 Å². The van der Waals surface area contributed by atoms with E-state index in [1.807, 2.05) is 14.0 Å². The fourth-order valence-electron chi connectivity index (χ4n) is 2.64. The van der Waals surface area contributed by atoms with Crippen molar-refractivity contribution in [1.82, 2.24) is 10.0 Å². The Morgan fingerprint density at radius 1 is 1.35 bits per heavy atom. The molecule has 6 heteroatoms. The molecule has 1 aromatic rings. The highest BCUT2D eigenvalue weighted by molar-refractivity contribution is 7.89. The van der Waals surface area contributed by atoms with Gasteiger partial charge in [0, 0.05) is 17.6 Å². The van der Waals surface area contributed by atoms with Crippen LogP contribution in [0.25, 0.3) is 0 Å². The smallest absolute Gasteiger partial charge is 0.241 e. The third-order valence-corrected chi connectivity index (χ3v) is 5.65. The summed E-state index contributed by atoms with van der Waals surface area (Å²) in [7, 11) is -1.68. The Balaban J connectivity index is 2.30. The van der Waals surface area contributed by atoms with E-state index in [4.69, 9.17) is 11.6 Å². The Morgan fingerprint density at radius 2 is 2.00 bits per heavy atom. The minimum Gasteiger partial charge on any atom is -0.316 e. The van der Waals surface area contributed by atoms with Gasteiger partial charge in [0.05, 0.1) is 4.90 Å². The van der Waals surface area contributed by atoms with E-state index in [-0.39, 0.29) is 10.9 Å². The third-order valence-electron chi connectivity index (χ3n) is 3.78. The maximum Gasteiger partial charge on any atom is 0.241 e. The zero-order valence-electron chi connectivity index (χ0n) is 12.0. The Kier molecular flexibility index (Phi) is 4.74. The number of benzene rings is 1. The molecule has 0 unspecified atom stereocenters. The van der Waals surface area contributed by atoms with Crippen LogP contribution in [-0.4, -0.2) is 21.5 Å². The molecule has 0 heterocycles. The molecule has 0 radical (unpaired) electrons. The number of nitrogens with one attached hydrogen (secondary N) is 2. The molecule has 1 fully saturated rings. The van der Waals surface area contributed by atoms with Crippen LogP contribution < -0.4 is 10.0 Å². The van der Waals surface area contributed by atoms with Gasteiger partial charge in [-0.05, 0) is 56.0 Å². The van der Waals surface area contributed by atoms with Gasteiger partial charge in [-0.15, -0.1) is 0 Å². The van der Waals surface area contributed by atoms with Crippen LogP contribution in [0.4, 0.5) is 0 Å². The average molecular weight is 317 g/mol. The lowest BCUT2D eigenvalue weighted by atomic mass is 9.83. The fraction of sp³-hybridized carbons (Fsp3) is 0.571. The summed E-state index contributed by atoms with van der Waals surface area (Å²) in [5.74, 6) is 0.600. The number of rotatable bonds is 5. The molecule has 0 spiro atoms. The second-order valence-electron chi connectivity index (χ2n) is 5.61. The summed E-state index contributed by atoms with van der Waals surface area (Å²) < 4.78 is 27.7. The van der Waals surface area contributed by atoms with Gasteiger partial charge in [0.25, 0.3) is 0 Å². The lowest BCUT2D eigenvalue weighted by molar-refractivity contribution is 0.270. The highest BCUT2D eigenvalue weighted by Crippen LogP contribution is 2.30. The molecule has 1 saturated carbocycles. The van der Waals surface area contributed by atoms with Crippen molar-refractivity contribution < 1.29 is 8.42 Å². The molecule has 1 aliphatic carbocycles. The van der Waals surface area contributed by atoms with Crippen molar-refractivity contribution in [2.24, 2.45) is 5.92 Å². The Labute approximate surface area is 126 Å². The molecule has 112 valence electrons. The molecule has 20 heavy (non-hydrogen) atoms. The third kappa shape index (κ3) is 3.34. The van der Waals surface area contributed by atoms with Crippen molar-refractivity contribution in [3.63, 3.8) is 0 Å². The summed E-state index contributed by atoms with van der Waals surface area (Å²) in [6.45, 7) is 4.54. The predicted octanol–water partition coefficient (Wildman–Crippen LogP) is 2.44. The topological polar surface area (TPSA) is 58.2 Å². The summed E-state index contributed by atoms with van der Waals surface area (Å²) in [5.41, 5.74) is 1.66. The SMILES string of the molecule is CNCc1cc(Cl)cc(S(=O)(=O)NC2CC(C)C2)c1C. The van der Waals surface area contributed by atoms with E-state index in [1.54, 1.807) is 6.07 Å². The first-order chi connectivity index (χ1) is 9.33. The van der Waals surface area contributed by atoms with Gasteiger partial charge in [-0.3, -0.25) is 0 Å². The minimum absolute atomic E-state index is 0.0566. The molecule has 2 N–H and O–H groups in total. The van der Waals surface area contributed by atoms with Gasteiger partial charge in [0.15, 0.2) is 0 Å². The molecular weight excluding hydrogens is 296 g/mol. The molecule has 0 aliphatic heterocycles. The van der Waals surface area contributed by atoms with Crippen LogP contribution in [0.5, 0.6) is 0 Å². The molecule has 0 amide bonds. The average Bonchev–Trinajstić information content (AvgIpc) is 2.31. The van der Waals surface area contributed by atoms with E-state index in [9.17, 15) is 8.42 Å². The molecule has 1 aliphatic rings. The van der Waals surface area contributed by atoms with Crippen LogP contribution in [0, 0.1) is 12.8 Å². The fourth-order valence-corrected chi connectivity index (χ4v) is 4.52. The van der Waals surface area contributed by atoms with E-state index in [0.29, 0.717) is 17.5 Å². The summed E-state index contributed by atoms with van der Waals surface area (Å²) in [6, 6.07) is 3.39. The van der Waals surface area contributed by atoms with Crippen molar-refractivity contribution in [2.45, 2.75) is 44.2 Å². The zero-order valence-corrected chi connectivity index (χ0v) is 13.6. The lowest BCUT2D eigenvalue weighted by Crippen LogP contribution is -2.43. The quantitative estimate of drug-likeness (QED) is 0.877. The van der Waals surface area contributed by atoms with Crippen molar-refractivity contribution in [3.8, 4) is 0 Å². The second-order valence-corrected chi connectivity index (χ2v) is 7.73. The Bertz CT molecular complexity index is 595. The van der Waals surface area contributed by atoms with Crippen LogP contribution >= 0.6 is 11.6 Å². The highest BCUT2D eigenvalue weighted by Gasteiger charge is 2.30. The van der Waals surface area contributed by atoms with Gasteiger partial charge in [-0.1, -0.05) is 18.5 Å². The van der Waals surface area contributed by atoms with E-state index in [0.717, 1.165) is 24.0 Å². The van der Waals surface area contributed by atoms with Crippen molar-refractivity contribution in [1.29, 1.82) is 0 Å². The van der Waals surface area contributed by atoms with Crippen LogP contribution in [0.2, 0.25) is 5.02 Å². The van der Waals surface area contributed by atoms with Crippen molar-refractivity contribution in [3.05, 3.63) is 28.3 Å². The monoisotopic (exact) mass is 316 g/mol. The molecule has 0 saturated heterocycles. The molecule has 0 bridgehead atoms. The van der Waals surface area contributed by atoms with Crippen molar-refractivity contribution in [2.75, 3.05) is 7.05 Å². The van der Waals surface area contributed by atoms with Gasteiger partial charge in [0.1, 0.15) is 0 Å². The number of hydrogen-bond donors (Lipinski definition) is 2. The van der Waals surface area contributed by atoms with Crippen LogP contribution in [0.1, 0.15) is 30.9 Å². The normalized spacial score (nSPS) is 22.6. The molecule has 2 rings (SSSR count). The Hall–Kier alpha value is -0.620. The Morgan fingerprint density at radius 3 is 2.55 bits per heavy atom. The maximum absolute atomic E-state index is 12.5. The lowest BCUT2D eigenvalue weighted by Gasteiger charge is -2.33. The summed E-state index contributed by atoms with van der Waals surface area (Å²) >= 11 is 6.05. The van der Waals surface area contributed by atoms with Gasteiger partial charge in [0.2, 0.25) is 10.0 Å². The summed E-state index contributed by atoms with van der Waals surface area (Å²) in [5, 5.41) is 3.47. The van der Waals surface area contributed by atoms with Gasteiger partial charge < -0.3 is 5.32 Å². The second kappa shape index (κ2) is 6.02. The van der Waals surface area contributed by atoms with E-state index in [1.165, 1.54) is 6.07 Å². The van der Waals surface area contributed by atoms with E-state index < -0.39 is 10.0 Å². The van der Waals surface area contributed by atoms with E-state index >= 15 is 0 Å². The maximum atomic E-state index is 12.5. The first kappa shape index (κ1) is 15.8. The zero-order chi connectivity index (χ0) is 14.9. The van der Waals surface area contributed by atoms with Gasteiger partial charge in [-0.25, -0.2) is 13.1 Å². The molecule has 0 atom stereocenters. The standard InChI is InChI=1S/C14H21ClN2O2S/c1-9-4-13(5-9)17-20(18,19)14-7-12(15)6-11(8-16-3)10(14)2/h6-7,9,13,16-17H,4-5,8H2,1-3H3. The van der Waals surface area contributed by atoms with Crippen LogP contribution in [0.15, 0.2) is 17.0 Å². The van der Waals surface area contributed by atoms with Crippen LogP contribution in [-0.2, 0) is 16.6 Å².